The smallest absolute Gasteiger partial charge is 0.204 e. The minimum Gasteiger partial charge on any atom is -0.477 e. The zero-order chi connectivity index (χ0) is 15.5. The van der Waals surface area contributed by atoms with E-state index in [9.17, 15) is 17.6 Å². The topological polar surface area (TPSA) is 21.3 Å². The molecule has 0 aliphatic carbocycles. The average molecular weight is 309 g/mol. The predicted molar refractivity (Wildman–Crippen MR) is 70.4 cm³/mol. The van der Waals surface area contributed by atoms with E-state index in [2.05, 4.69) is 5.32 Å². The van der Waals surface area contributed by atoms with E-state index in [4.69, 9.17) is 4.74 Å². The summed E-state index contributed by atoms with van der Waals surface area (Å²) in [4.78, 5) is 0. The van der Waals surface area contributed by atoms with Gasteiger partial charge in [0.1, 0.15) is 0 Å². The Morgan fingerprint density at radius 3 is 2.50 bits per heavy atom. The van der Waals surface area contributed by atoms with Gasteiger partial charge in [-0.1, -0.05) is 24.3 Å². The molecule has 0 radical (unpaired) electrons. The first-order valence-corrected chi connectivity index (χ1v) is 6.86. The predicted octanol–water partition coefficient (Wildman–Crippen LogP) is 3.18. The number of fused-ring (bicyclic) bond motifs is 3. The van der Waals surface area contributed by atoms with E-state index in [1.165, 1.54) is 0 Å². The summed E-state index contributed by atoms with van der Waals surface area (Å²) in [7, 11) is 0. The van der Waals surface area contributed by atoms with E-state index in [1.807, 2.05) is 18.2 Å². The van der Waals surface area contributed by atoms with Gasteiger partial charge in [-0.3, -0.25) is 0 Å². The fourth-order valence-corrected chi connectivity index (χ4v) is 3.30. The summed E-state index contributed by atoms with van der Waals surface area (Å²) in [6.07, 6.45) is -0.0493. The summed E-state index contributed by atoms with van der Waals surface area (Å²) in [6.45, 7) is 0.909. The SMILES string of the molecule is Fc1c(F)c(F)c2c(c1F)CC1(CNCc3ccccc31)O2. The van der Waals surface area contributed by atoms with Crippen LogP contribution in [-0.4, -0.2) is 6.54 Å². The molecule has 2 aromatic carbocycles. The first kappa shape index (κ1) is 13.6. The Morgan fingerprint density at radius 1 is 0.955 bits per heavy atom. The fraction of sp³-hybridized carbons (Fsp3) is 0.250. The second-order valence-corrected chi connectivity index (χ2v) is 5.60. The number of benzene rings is 2. The summed E-state index contributed by atoms with van der Waals surface area (Å²) < 4.78 is 60.4. The van der Waals surface area contributed by atoms with Crippen LogP contribution in [0, 0.1) is 23.3 Å². The number of hydrogen-bond donors (Lipinski definition) is 1. The van der Waals surface area contributed by atoms with Gasteiger partial charge in [-0.25, -0.2) is 13.2 Å². The highest BCUT2D eigenvalue weighted by Crippen LogP contribution is 2.47. The average Bonchev–Trinajstić information content (AvgIpc) is 2.92. The monoisotopic (exact) mass is 309 g/mol. The molecule has 22 heavy (non-hydrogen) atoms. The lowest BCUT2D eigenvalue weighted by molar-refractivity contribution is 0.0780. The summed E-state index contributed by atoms with van der Waals surface area (Å²) >= 11 is 0. The minimum atomic E-state index is -1.84. The third-order valence-electron chi connectivity index (χ3n) is 4.31. The van der Waals surface area contributed by atoms with Crippen LogP contribution in [0.3, 0.4) is 0 Å². The second kappa shape index (κ2) is 4.46. The fourth-order valence-electron chi connectivity index (χ4n) is 3.30. The molecule has 0 saturated heterocycles. The Hall–Kier alpha value is -2.08. The number of nitrogens with one attached hydrogen (secondary N) is 1. The van der Waals surface area contributed by atoms with Crippen molar-refractivity contribution < 1.29 is 22.3 Å². The van der Waals surface area contributed by atoms with Crippen molar-refractivity contribution >= 4 is 0 Å². The van der Waals surface area contributed by atoms with Crippen LogP contribution >= 0.6 is 0 Å². The molecule has 2 aromatic rings. The van der Waals surface area contributed by atoms with Crippen molar-refractivity contribution in [1.29, 1.82) is 0 Å². The molecule has 2 heterocycles. The summed E-state index contributed by atoms with van der Waals surface area (Å²) in [5.74, 6) is -7.03. The zero-order valence-electron chi connectivity index (χ0n) is 11.4. The maximum Gasteiger partial charge on any atom is 0.204 e. The van der Waals surface area contributed by atoms with Crippen molar-refractivity contribution in [3.05, 3.63) is 64.2 Å². The van der Waals surface area contributed by atoms with Crippen LogP contribution in [0.15, 0.2) is 24.3 Å². The van der Waals surface area contributed by atoms with E-state index < -0.39 is 34.6 Å². The molecular formula is C16H11F4NO. The highest BCUT2D eigenvalue weighted by molar-refractivity contribution is 5.48. The summed E-state index contributed by atoms with van der Waals surface area (Å²) in [5.41, 5.74) is 0.418. The van der Waals surface area contributed by atoms with Gasteiger partial charge in [-0.05, 0) is 5.56 Å². The maximum absolute atomic E-state index is 14.0. The molecule has 2 nitrogen and oxygen atoms in total. The van der Waals surface area contributed by atoms with Crippen LogP contribution in [0.5, 0.6) is 5.75 Å². The van der Waals surface area contributed by atoms with Crippen LogP contribution < -0.4 is 10.1 Å². The van der Waals surface area contributed by atoms with Gasteiger partial charge in [0, 0.05) is 30.6 Å². The van der Waals surface area contributed by atoms with Gasteiger partial charge < -0.3 is 10.1 Å². The van der Waals surface area contributed by atoms with E-state index in [0.717, 1.165) is 11.1 Å². The molecule has 0 bridgehead atoms. The molecule has 1 unspecified atom stereocenters. The minimum absolute atomic E-state index is 0.0493. The van der Waals surface area contributed by atoms with Crippen LogP contribution in [0.25, 0.3) is 0 Å². The van der Waals surface area contributed by atoms with Gasteiger partial charge in [0.05, 0.1) is 0 Å². The molecule has 1 atom stereocenters. The molecular weight excluding hydrogens is 298 g/mol. The Morgan fingerprint density at radius 2 is 1.68 bits per heavy atom. The van der Waals surface area contributed by atoms with Crippen LogP contribution in [0.1, 0.15) is 16.7 Å². The summed E-state index contributed by atoms with van der Waals surface area (Å²) in [6, 6.07) is 7.34. The van der Waals surface area contributed by atoms with Gasteiger partial charge in [0.2, 0.25) is 11.6 Å². The standard InChI is InChI=1S/C16H11F4NO/c17-11-9-5-16(22-15(9)14(20)13(19)12(11)18)7-21-6-8-3-1-2-4-10(8)16/h1-4,21H,5-7H2. The zero-order valence-corrected chi connectivity index (χ0v) is 11.4. The molecule has 114 valence electrons. The lowest BCUT2D eigenvalue weighted by Gasteiger charge is -2.35. The van der Waals surface area contributed by atoms with Gasteiger partial charge in [0.15, 0.2) is 23.0 Å². The van der Waals surface area contributed by atoms with Gasteiger partial charge in [0.25, 0.3) is 0 Å². The van der Waals surface area contributed by atoms with Crippen LogP contribution in [-0.2, 0) is 18.6 Å². The van der Waals surface area contributed by atoms with Gasteiger partial charge in [-0.2, -0.15) is 4.39 Å². The van der Waals surface area contributed by atoms with E-state index in [0.29, 0.717) is 13.1 Å². The first-order chi connectivity index (χ1) is 10.5. The van der Waals surface area contributed by atoms with E-state index >= 15 is 0 Å². The molecule has 0 aromatic heterocycles. The highest BCUT2D eigenvalue weighted by atomic mass is 19.2. The van der Waals surface area contributed by atoms with Crippen molar-refractivity contribution in [1.82, 2.24) is 5.32 Å². The molecule has 0 fully saturated rings. The Bertz CT molecular complexity index is 753. The lowest BCUT2D eigenvalue weighted by Crippen LogP contribution is -2.46. The normalized spacial score (nSPS) is 22.4. The number of rotatable bonds is 0. The number of ether oxygens (including phenoxy) is 1. The Kier molecular flexibility index (Phi) is 2.75. The molecule has 4 rings (SSSR count). The van der Waals surface area contributed by atoms with Crippen molar-refractivity contribution in [3.8, 4) is 5.75 Å². The van der Waals surface area contributed by atoms with Crippen LogP contribution in [0.4, 0.5) is 17.6 Å². The lowest BCUT2D eigenvalue weighted by atomic mass is 9.83. The number of halogens is 4. The van der Waals surface area contributed by atoms with Crippen LogP contribution in [0.2, 0.25) is 0 Å². The largest absolute Gasteiger partial charge is 0.477 e. The molecule has 0 saturated carbocycles. The van der Waals surface area contributed by atoms with Crippen molar-refractivity contribution in [2.45, 2.75) is 18.6 Å². The van der Waals surface area contributed by atoms with Crippen molar-refractivity contribution in [2.75, 3.05) is 6.54 Å². The molecule has 1 N–H and O–H groups in total. The van der Waals surface area contributed by atoms with Crippen molar-refractivity contribution in [2.24, 2.45) is 0 Å². The van der Waals surface area contributed by atoms with Gasteiger partial charge in [-0.15, -0.1) is 0 Å². The van der Waals surface area contributed by atoms with Gasteiger partial charge >= 0.3 is 0 Å². The highest BCUT2D eigenvalue weighted by Gasteiger charge is 2.47. The van der Waals surface area contributed by atoms with E-state index in [-0.39, 0.29) is 12.0 Å². The molecule has 0 amide bonds. The van der Waals surface area contributed by atoms with E-state index in [1.54, 1.807) is 6.07 Å². The molecule has 6 heteroatoms. The molecule has 2 aliphatic heterocycles. The van der Waals surface area contributed by atoms with Crippen molar-refractivity contribution in [3.63, 3.8) is 0 Å². The number of hydrogen-bond acceptors (Lipinski definition) is 2. The second-order valence-electron chi connectivity index (χ2n) is 5.60. The quantitative estimate of drug-likeness (QED) is 0.458. The third-order valence-corrected chi connectivity index (χ3v) is 4.31. The molecule has 1 spiro atoms. The Balaban J connectivity index is 1.90. The third kappa shape index (κ3) is 1.64. The molecule has 2 aliphatic rings. The maximum atomic E-state index is 14.0. The summed E-state index contributed by atoms with van der Waals surface area (Å²) in [5, 5.41) is 3.12. The Labute approximate surface area is 123 Å². The first-order valence-electron chi connectivity index (χ1n) is 6.86.